The lowest BCUT2D eigenvalue weighted by Gasteiger charge is -2.33. The van der Waals surface area contributed by atoms with Crippen molar-refractivity contribution in [3.63, 3.8) is 0 Å². The van der Waals surface area contributed by atoms with Gasteiger partial charge in [-0.1, -0.05) is 13.8 Å². The molecule has 0 aliphatic carbocycles. The van der Waals surface area contributed by atoms with Gasteiger partial charge >= 0.3 is 6.61 Å². The Bertz CT molecular complexity index is 529. The summed E-state index contributed by atoms with van der Waals surface area (Å²) >= 11 is 0. The van der Waals surface area contributed by atoms with Gasteiger partial charge in [-0.3, -0.25) is 4.79 Å². The summed E-state index contributed by atoms with van der Waals surface area (Å²) in [6.45, 7) is 3.07. The molecule has 0 fully saturated rings. The van der Waals surface area contributed by atoms with Crippen LogP contribution in [0.3, 0.4) is 0 Å². The van der Waals surface area contributed by atoms with Crippen LogP contribution in [0.25, 0.3) is 0 Å². The minimum absolute atomic E-state index is 0. The molecule has 0 radical (unpaired) electrons. The third-order valence-electron chi connectivity index (χ3n) is 3.74. The maximum absolute atomic E-state index is 12.3. The highest BCUT2D eigenvalue weighted by molar-refractivity contribution is 5.95. The van der Waals surface area contributed by atoms with E-state index in [1.54, 1.807) is 0 Å². The molecule has 0 aliphatic rings. The van der Waals surface area contributed by atoms with Gasteiger partial charge in [-0.05, 0) is 31.0 Å². The molecule has 5 nitrogen and oxygen atoms in total. The minimum Gasteiger partial charge on any atom is -0.493 e. The first-order valence-corrected chi connectivity index (χ1v) is 6.89. The zero-order valence-electron chi connectivity index (χ0n) is 13.6. The van der Waals surface area contributed by atoms with E-state index in [0.717, 1.165) is 0 Å². The van der Waals surface area contributed by atoms with Gasteiger partial charge in [-0.15, -0.1) is 12.4 Å². The van der Waals surface area contributed by atoms with Crippen LogP contribution in [0.15, 0.2) is 18.2 Å². The summed E-state index contributed by atoms with van der Waals surface area (Å²) in [5.41, 5.74) is 5.44. The molecule has 0 saturated heterocycles. The van der Waals surface area contributed by atoms with Gasteiger partial charge in [-0.2, -0.15) is 8.78 Å². The Labute approximate surface area is 140 Å². The van der Waals surface area contributed by atoms with Gasteiger partial charge in [0.05, 0.1) is 12.6 Å². The molecule has 1 rings (SSSR count). The third-order valence-corrected chi connectivity index (χ3v) is 3.74. The summed E-state index contributed by atoms with van der Waals surface area (Å²) in [7, 11) is 1.31. The molecule has 1 aromatic carbocycles. The second-order valence-electron chi connectivity index (χ2n) is 5.47. The zero-order chi connectivity index (χ0) is 16.9. The molecule has 0 saturated carbocycles. The molecule has 1 aromatic rings. The number of hydrogen-bond acceptors (Lipinski definition) is 4. The SMILES string of the molecule is COc1cc(C(=O)NC(C)(CN)C(C)C)ccc1OC(F)F.Cl. The Kier molecular flexibility index (Phi) is 8.26. The van der Waals surface area contributed by atoms with E-state index in [0.29, 0.717) is 0 Å². The van der Waals surface area contributed by atoms with E-state index in [2.05, 4.69) is 10.1 Å². The number of nitrogens with one attached hydrogen (secondary N) is 1. The van der Waals surface area contributed by atoms with Crippen LogP contribution in [0.5, 0.6) is 11.5 Å². The molecule has 0 heterocycles. The highest BCUT2D eigenvalue weighted by Crippen LogP contribution is 2.29. The quantitative estimate of drug-likeness (QED) is 0.791. The normalized spacial score (nSPS) is 13.3. The van der Waals surface area contributed by atoms with Crippen LogP contribution in [-0.4, -0.2) is 31.7 Å². The number of carbonyl (C=O) groups excluding carboxylic acids is 1. The number of carbonyl (C=O) groups is 1. The number of alkyl halides is 2. The third kappa shape index (κ3) is 5.51. The minimum atomic E-state index is -2.96. The second-order valence-corrected chi connectivity index (χ2v) is 5.47. The molecular formula is C15H23ClF2N2O3. The van der Waals surface area contributed by atoms with Crippen LogP contribution in [0.2, 0.25) is 0 Å². The van der Waals surface area contributed by atoms with Crippen molar-refractivity contribution >= 4 is 18.3 Å². The topological polar surface area (TPSA) is 73.6 Å². The van der Waals surface area contributed by atoms with Gasteiger partial charge < -0.3 is 20.5 Å². The van der Waals surface area contributed by atoms with E-state index in [1.807, 2.05) is 20.8 Å². The molecule has 1 amide bonds. The lowest BCUT2D eigenvalue weighted by Crippen LogP contribution is -2.55. The van der Waals surface area contributed by atoms with Gasteiger partial charge in [0.2, 0.25) is 0 Å². The van der Waals surface area contributed by atoms with Crippen molar-refractivity contribution in [3.05, 3.63) is 23.8 Å². The molecule has 3 N–H and O–H groups in total. The largest absolute Gasteiger partial charge is 0.493 e. The van der Waals surface area contributed by atoms with E-state index in [-0.39, 0.29) is 47.8 Å². The van der Waals surface area contributed by atoms with Gasteiger partial charge in [0.15, 0.2) is 11.5 Å². The number of rotatable bonds is 7. The van der Waals surface area contributed by atoms with E-state index in [1.165, 1.54) is 25.3 Å². The fourth-order valence-electron chi connectivity index (χ4n) is 1.76. The van der Waals surface area contributed by atoms with Gasteiger partial charge in [0, 0.05) is 12.1 Å². The Morgan fingerprint density at radius 2 is 1.96 bits per heavy atom. The summed E-state index contributed by atoms with van der Waals surface area (Å²) in [6.07, 6.45) is 0. The van der Waals surface area contributed by atoms with Crippen LogP contribution >= 0.6 is 12.4 Å². The Hall–Kier alpha value is -1.60. The first-order valence-electron chi connectivity index (χ1n) is 6.89. The number of halogens is 3. The first-order chi connectivity index (χ1) is 10.2. The number of amides is 1. The van der Waals surface area contributed by atoms with Crippen molar-refractivity contribution in [1.29, 1.82) is 0 Å². The first kappa shape index (κ1) is 21.4. The fraction of sp³-hybridized carbons (Fsp3) is 0.533. The fourth-order valence-corrected chi connectivity index (χ4v) is 1.76. The van der Waals surface area contributed by atoms with Crippen LogP contribution in [0, 0.1) is 5.92 Å². The van der Waals surface area contributed by atoms with Crippen LogP contribution in [0.1, 0.15) is 31.1 Å². The van der Waals surface area contributed by atoms with Gasteiger partial charge in [0.25, 0.3) is 5.91 Å². The highest BCUT2D eigenvalue weighted by Gasteiger charge is 2.29. The van der Waals surface area contributed by atoms with Crippen LogP contribution < -0.4 is 20.5 Å². The maximum atomic E-state index is 12.3. The number of nitrogens with two attached hydrogens (primary N) is 1. The average Bonchev–Trinajstić information content (AvgIpc) is 2.46. The monoisotopic (exact) mass is 352 g/mol. The number of methoxy groups -OCH3 is 1. The molecular weight excluding hydrogens is 330 g/mol. The maximum Gasteiger partial charge on any atom is 0.387 e. The van der Waals surface area contributed by atoms with Crippen molar-refractivity contribution in [3.8, 4) is 11.5 Å². The summed E-state index contributed by atoms with van der Waals surface area (Å²) in [5.74, 6) is -0.292. The lowest BCUT2D eigenvalue weighted by molar-refractivity contribution is -0.0512. The molecule has 1 unspecified atom stereocenters. The second kappa shape index (κ2) is 8.88. The van der Waals surface area contributed by atoms with Crippen molar-refractivity contribution in [2.24, 2.45) is 11.7 Å². The highest BCUT2D eigenvalue weighted by atomic mass is 35.5. The van der Waals surface area contributed by atoms with Crippen LogP contribution in [-0.2, 0) is 0 Å². The van der Waals surface area contributed by atoms with E-state index < -0.39 is 12.2 Å². The smallest absolute Gasteiger partial charge is 0.387 e. The molecule has 0 aromatic heterocycles. The molecule has 0 aliphatic heterocycles. The summed E-state index contributed by atoms with van der Waals surface area (Å²) in [4.78, 5) is 12.3. The molecule has 1 atom stereocenters. The Balaban J connectivity index is 0.00000484. The zero-order valence-corrected chi connectivity index (χ0v) is 14.4. The summed E-state index contributed by atoms with van der Waals surface area (Å²) < 4.78 is 33.9. The van der Waals surface area contributed by atoms with Crippen molar-refractivity contribution in [2.45, 2.75) is 32.9 Å². The summed E-state index contributed by atoms with van der Waals surface area (Å²) in [6, 6.07) is 4.02. The van der Waals surface area contributed by atoms with Crippen molar-refractivity contribution < 1.29 is 23.0 Å². The number of ether oxygens (including phenoxy) is 2. The number of benzene rings is 1. The number of hydrogen-bond donors (Lipinski definition) is 2. The molecule has 132 valence electrons. The Morgan fingerprint density at radius 3 is 2.39 bits per heavy atom. The molecule has 0 bridgehead atoms. The molecule has 8 heteroatoms. The predicted molar refractivity (Wildman–Crippen MR) is 86.6 cm³/mol. The van der Waals surface area contributed by atoms with E-state index >= 15 is 0 Å². The molecule has 0 spiro atoms. The van der Waals surface area contributed by atoms with Gasteiger partial charge in [-0.25, -0.2) is 0 Å². The van der Waals surface area contributed by atoms with E-state index in [9.17, 15) is 13.6 Å². The lowest BCUT2D eigenvalue weighted by atomic mass is 9.88. The Morgan fingerprint density at radius 1 is 1.35 bits per heavy atom. The predicted octanol–water partition coefficient (Wildman–Crippen LogP) is 2.82. The van der Waals surface area contributed by atoms with Gasteiger partial charge in [0.1, 0.15) is 0 Å². The summed E-state index contributed by atoms with van der Waals surface area (Å²) in [5, 5.41) is 2.86. The van der Waals surface area contributed by atoms with Crippen molar-refractivity contribution in [2.75, 3.05) is 13.7 Å². The molecule has 23 heavy (non-hydrogen) atoms. The standard InChI is InChI=1S/C15H22F2N2O3.ClH/c1-9(2)15(3,8-18)19-13(20)10-5-6-11(22-14(16)17)12(7-10)21-4;/h5-7,9,14H,8,18H2,1-4H3,(H,19,20);1H. The average molecular weight is 353 g/mol. The van der Waals surface area contributed by atoms with E-state index in [4.69, 9.17) is 10.5 Å². The van der Waals surface area contributed by atoms with Crippen molar-refractivity contribution in [1.82, 2.24) is 5.32 Å². The van der Waals surface area contributed by atoms with Crippen LogP contribution in [0.4, 0.5) is 8.78 Å².